The van der Waals surface area contributed by atoms with E-state index in [4.69, 9.17) is 0 Å². The number of amides is 1. The van der Waals surface area contributed by atoms with Crippen LogP contribution in [0.25, 0.3) is 11.2 Å². The highest BCUT2D eigenvalue weighted by Gasteiger charge is 2.14. The summed E-state index contributed by atoms with van der Waals surface area (Å²) in [5.74, 6) is -0.177. The van der Waals surface area contributed by atoms with Crippen molar-refractivity contribution < 1.29 is 4.79 Å². The van der Waals surface area contributed by atoms with Crippen molar-refractivity contribution in [3.8, 4) is 0 Å². The van der Waals surface area contributed by atoms with Gasteiger partial charge in [-0.25, -0.2) is 9.78 Å². The van der Waals surface area contributed by atoms with Gasteiger partial charge in [0.25, 0.3) is 0 Å². The maximum atomic E-state index is 11.9. The smallest absolute Gasteiger partial charge is 0.328 e. The first-order valence-corrected chi connectivity index (χ1v) is 7.34. The van der Waals surface area contributed by atoms with E-state index in [1.807, 2.05) is 6.92 Å². The van der Waals surface area contributed by atoms with E-state index in [1.165, 1.54) is 4.57 Å². The lowest BCUT2D eigenvalue weighted by Crippen LogP contribution is -2.32. The normalized spacial score (nSPS) is 10.9. The standard InChI is InChI=1S/C13H17BrN4O2/c1-3-4-5-15-10(19)7-18-12-11(17-13(18)20)8(2)9(14)6-16-12/h6H,3-5,7H2,1-2H3,(H,15,19)(H,17,20). The Labute approximate surface area is 124 Å². The number of pyridine rings is 1. The van der Waals surface area contributed by atoms with Gasteiger partial charge >= 0.3 is 5.69 Å². The number of hydrogen-bond donors (Lipinski definition) is 2. The maximum absolute atomic E-state index is 11.9. The summed E-state index contributed by atoms with van der Waals surface area (Å²) in [5, 5.41) is 2.79. The Morgan fingerprint density at radius 2 is 2.30 bits per heavy atom. The number of imidazole rings is 1. The average Bonchev–Trinajstić information content (AvgIpc) is 2.72. The third kappa shape index (κ3) is 2.92. The molecule has 2 rings (SSSR count). The van der Waals surface area contributed by atoms with Crippen LogP contribution in [0.4, 0.5) is 0 Å². The molecule has 0 aliphatic heterocycles. The Bertz CT molecular complexity index is 689. The van der Waals surface area contributed by atoms with Gasteiger partial charge in [-0.05, 0) is 34.8 Å². The number of H-pyrrole nitrogens is 1. The molecule has 0 bridgehead atoms. The zero-order chi connectivity index (χ0) is 14.7. The third-order valence-corrected chi connectivity index (χ3v) is 3.94. The van der Waals surface area contributed by atoms with Crippen molar-refractivity contribution in [3.63, 3.8) is 0 Å². The van der Waals surface area contributed by atoms with Gasteiger partial charge in [0.15, 0.2) is 5.65 Å². The molecule has 1 amide bonds. The highest BCUT2D eigenvalue weighted by atomic mass is 79.9. The molecule has 20 heavy (non-hydrogen) atoms. The van der Waals surface area contributed by atoms with Crippen LogP contribution in [0.5, 0.6) is 0 Å². The monoisotopic (exact) mass is 340 g/mol. The van der Waals surface area contributed by atoms with E-state index >= 15 is 0 Å². The molecule has 2 aromatic heterocycles. The summed E-state index contributed by atoms with van der Waals surface area (Å²) in [6.45, 7) is 4.55. The van der Waals surface area contributed by atoms with Crippen LogP contribution in [-0.2, 0) is 11.3 Å². The largest absolute Gasteiger partial charge is 0.355 e. The zero-order valence-electron chi connectivity index (χ0n) is 11.5. The second-order valence-corrected chi connectivity index (χ2v) is 5.50. The van der Waals surface area contributed by atoms with Crippen LogP contribution in [0.1, 0.15) is 25.3 Å². The number of rotatable bonds is 5. The first-order valence-electron chi connectivity index (χ1n) is 6.55. The summed E-state index contributed by atoms with van der Waals surface area (Å²) >= 11 is 3.37. The van der Waals surface area contributed by atoms with Crippen LogP contribution in [0.2, 0.25) is 0 Å². The first kappa shape index (κ1) is 14.8. The minimum atomic E-state index is -0.320. The molecule has 2 aromatic rings. The SMILES string of the molecule is CCCCNC(=O)Cn1c(=O)[nH]c2c(C)c(Br)cnc21. The van der Waals surface area contributed by atoms with Crippen molar-refractivity contribution in [2.75, 3.05) is 6.54 Å². The Kier molecular flexibility index (Phi) is 4.59. The number of halogens is 1. The van der Waals surface area contributed by atoms with Crippen LogP contribution in [0, 0.1) is 6.92 Å². The maximum Gasteiger partial charge on any atom is 0.328 e. The minimum absolute atomic E-state index is 0.0172. The fraction of sp³-hybridized carbons (Fsp3) is 0.462. The van der Waals surface area contributed by atoms with E-state index in [2.05, 4.69) is 38.1 Å². The number of nitrogens with zero attached hydrogens (tertiary/aromatic N) is 2. The predicted octanol–water partition coefficient (Wildman–Crippen LogP) is 1.71. The van der Waals surface area contributed by atoms with E-state index in [-0.39, 0.29) is 18.1 Å². The molecule has 0 fully saturated rings. The number of aromatic nitrogens is 3. The fourth-order valence-corrected chi connectivity index (χ4v) is 2.24. The highest BCUT2D eigenvalue weighted by molar-refractivity contribution is 9.10. The van der Waals surface area contributed by atoms with Crippen LogP contribution >= 0.6 is 15.9 Å². The predicted molar refractivity (Wildman–Crippen MR) is 80.7 cm³/mol. The fourth-order valence-electron chi connectivity index (χ4n) is 1.94. The third-order valence-electron chi connectivity index (χ3n) is 3.14. The molecule has 0 radical (unpaired) electrons. The van der Waals surface area contributed by atoms with Crippen molar-refractivity contribution in [3.05, 3.63) is 26.7 Å². The van der Waals surface area contributed by atoms with Crippen molar-refractivity contribution in [2.24, 2.45) is 0 Å². The van der Waals surface area contributed by atoms with Gasteiger partial charge in [-0.2, -0.15) is 0 Å². The summed E-state index contributed by atoms with van der Waals surface area (Å²) in [7, 11) is 0. The Hall–Kier alpha value is -1.63. The molecule has 0 saturated carbocycles. The topological polar surface area (TPSA) is 79.8 Å². The van der Waals surface area contributed by atoms with Gasteiger partial charge in [0.2, 0.25) is 5.91 Å². The molecule has 0 aromatic carbocycles. The quantitative estimate of drug-likeness (QED) is 0.813. The lowest BCUT2D eigenvalue weighted by Gasteiger charge is -2.05. The molecule has 2 N–H and O–H groups in total. The minimum Gasteiger partial charge on any atom is -0.355 e. The van der Waals surface area contributed by atoms with Gasteiger partial charge in [-0.15, -0.1) is 0 Å². The molecule has 0 aliphatic rings. The van der Waals surface area contributed by atoms with Gasteiger partial charge in [-0.1, -0.05) is 13.3 Å². The number of nitrogens with one attached hydrogen (secondary N) is 2. The van der Waals surface area contributed by atoms with Crippen LogP contribution in [0.3, 0.4) is 0 Å². The number of carbonyl (C=O) groups excluding carboxylic acids is 1. The first-order chi connectivity index (χ1) is 9.54. The molecule has 0 aliphatic carbocycles. The molecule has 7 heteroatoms. The van der Waals surface area contributed by atoms with Gasteiger partial charge in [0, 0.05) is 17.2 Å². The van der Waals surface area contributed by atoms with Gasteiger partial charge in [0.1, 0.15) is 6.54 Å². The molecule has 0 atom stereocenters. The highest BCUT2D eigenvalue weighted by Crippen LogP contribution is 2.21. The van der Waals surface area contributed by atoms with Crippen molar-refractivity contribution in [2.45, 2.75) is 33.2 Å². The number of unbranched alkanes of at least 4 members (excludes halogenated alkanes) is 1. The summed E-state index contributed by atoms with van der Waals surface area (Å²) in [6.07, 6.45) is 3.58. The van der Waals surface area contributed by atoms with Gasteiger partial charge < -0.3 is 10.3 Å². The van der Waals surface area contributed by atoms with Crippen LogP contribution in [-0.4, -0.2) is 27.0 Å². The van der Waals surface area contributed by atoms with Crippen molar-refractivity contribution in [1.82, 2.24) is 19.9 Å². The number of aryl methyl sites for hydroxylation is 1. The van der Waals surface area contributed by atoms with Crippen LogP contribution < -0.4 is 11.0 Å². The molecular weight excluding hydrogens is 324 g/mol. The number of fused-ring (bicyclic) bond motifs is 1. The molecular formula is C13H17BrN4O2. The lowest BCUT2D eigenvalue weighted by atomic mass is 10.3. The molecule has 0 unspecified atom stereocenters. The summed E-state index contributed by atoms with van der Waals surface area (Å²) < 4.78 is 2.18. The molecule has 0 saturated heterocycles. The van der Waals surface area contributed by atoms with E-state index in [9.17, 15) is 9.59 Å². The van der Waals surface area contributed by atoms with Crippen molar-refractivity contribution in [1.29, 1.82) is 0 Å². The lowest BCUT2D eigenvalue weighted by molar-refractivity contribution is -0.121. The van der Waals surface area contributed by atoms with Gasteiger partial charge in [0.05, 0.1) is 5.52 Å². The number of hydrogen-bond acceptors (Lipinski definition) is 3. The molecule has 6 nitrogen and oxygen atoms in total. The van der Waals surface area contributed by atoms with Gasteiger partial charge in [-0.3, -0.25) is 9.36 Å². The second kappa shape index (κ2) is 6.21. The molecule has 108 valence electrons. The Balaban J connectivity index is 2.27. The molecule has 0 spiro atoms. The van der Waals surface area contributed by atoms with E-state index in [0.29, 0.717) is 17.7 Å². The Morgan fingerprint density at radius 3 is 3.00 bits per heavy atom. The van der Waals surface area contributed by atoms with Crippen LogP contribution in [0.15, 0.2) is 15.5 Å². The van der Waals surface area contributed by atoms with Crippen molar-refractivity contribution >= 4 is 33.0 Å². The summed E-state index contributed by atoms with van der Waals surface area (Å²) in [4.78, 5) is 30.7. The average molecular weight is 341 g/mol. The Morgan fingerprint density at radius 1 is 1.55 bits per heavy atom. The summed E-state index contributed by atoms with van der Waals surface area (Å²) in [5.41, 5.74) is 1.74. The second-order valence-electron chi connectivity index (χ2n) is 4.65. The number of carbonyl (C=O) groups is 1. The van der Waals surface area contributed by atoms with E-state index < -0.39 is 0 Å². The van der Waals surface area contributed by atoms with E-state index in [0.717, 1.165) is 22.9 Å². The van der Waals surface area contributed by atoms with E-state index in [1.54, 1.807) is 6.20 Å². The molecule has 2 heterocycles. The number of aromatic amines is 1. The summed E-state index contributed by atoms with van der Waals surface area (Å²) in [6, 6.07) is 0. The zero-order valence-corrected chi connectivity index (χ0v) is 13.1.